The molecule has 0 radical (unpaired) electrons. The van der Waals surface area contributed by atoms with E-state index in [4.69, 9.17) is 4.74 Å². The number of carbonyl (C=O) groups is 1. The van der Waals surface area contributed by atoms with Crippen molar-refractivity contribution in [3.8, 4) is 5.75 Å². The summed E-state index contributed by atoms with van der Waals surface area (Å²) in [6.45, 7) is 2.35. The average molecular weight is 419 g/mol. The van der Waals surface area contributed by atoms with Crippen molar-refractivity contribution in [2.24, 2.45) is 4.40 Å². The van der Waals surface area contributed by atoms with Crippen LogP contribution < -0.4 is 10.1 Å². The van der Waals surface area contributed by atoms with Crippen molar-refractivity contribution in [1.29, 1.82) is 0 Å². The Labute approximate surface area is 169 Å². The Hall–Kier alpha value is -2.94. The molecule has 0 saturated carbocycles. The lowest BCUT2D eigenvalue weighted by molar-refractivity contribution is -0.122. The number of hydrogen-bond donors (Lipinski definition) is 1. The van der Waals surface area contributed by atoms with Crippen LogP contribution in [-0.2, 0) is 14.8 Å². The molecule has 0 aliphatic carbocycles. The summed E-state index contributed by atoms with van der Waals surface area (Å²) in [4.78, 5) is 14.2. The fourth-order valence-electron chi connectivity index (χ4n) is 2.83. The van der Waals surface area contributed by atoms with Gasteiger partial charge in [0.05, 0.1) is 4.90 Å². The topological polar surface area (TPSA) is 88.1 Å². The highest BCUT2D eigenvalue weighted by molar-refractivity contribution is 7.90. The lowest BCUT2D eigenvalue weighted by atomic mass is 10.3. The smallest absolute Gasteiger partial charge is 0.283 e. The molecule has 1 saturated heterocycles. The molecule has 2 aromatic rings. The van der Waals surface area contributed by atoms with Crippen LogP contribution in [0.25, 0.3) is 0 Å². The monoisotopic (exact) mass is 419 g/mol. The number of carbonyl (C=O) groups excluding carboxylic acids is 1. The van der Waals surface area contributed by atoms with Crippen LogP contribution in [0.1, 0.15) is 19.8 Å². The number of sulfonamides is 1. The largest absolute Gasteiger partial charge is 0.481 e. The van der Waals surface area contributed by atoms with E-state index in [2.05, 4.69) is 9.71 Å². The molecule has 9 heteroatoms. The zero-order chi connectivity index (χ0) is 21.0. The molecule has 0 bridgehead atoms. The number of amidine groups is 1. The molecule has 1 heterocycles. The van der Waals surface area contributed by atoms with Gasteiger partial charge in [0.2, 0.25) is 0 Å². The van der Waals surface area contributed by atoms with Gasteiger partial charge in [-0.2, -0.15) is 8.42 Å². The van der Waals surface area contributed by atoms with Crippen molar-refractivity contribution in [2.45, 2.75) is 30.8 Å². The Morgan fingerprint density at radius 3 is 2.41 bits per heavy atom. The molecular formula is C20H22FN3O4S. The van der Waals surface area contributed by atoms with Crippen LogP contribution >= 0.6 is 0 Å². The van der Waals surface area contributed by atoms with Gasteiger partial charge >= 0.3 is 0 Å². The maximum absolute atomic E-state index is 12.9. The third-order valence-electron chi connectivity index (χ3n) is 4.48. The SMILES string of the molecule is C[C@@H](Oc1ccc(F)cc1)C(=O)Nc1ccc(S(=O)(=O)N=C2CCCN2C)cc1. The average Bonchev–Trinajstić information content (AvgIpc) is 3.08. The Kier molecular flexibility index (Phi) is 6.17. The molecular weight excluding hydrogens is 397 g/mol. The van der Waals surface area contributed by atoms with Crippen molar-refractivity contribution in [3.05, 3.63) is 54.3 Å². The van der Waals surface area contributed by atoms with E-state index in [1.807, 2.05) is 11.9 Å². The fourth-order valence-corrected chi connectivity index (χ4v) is 3.92. The quantitative estimate of drug-likeness (QED) is 0.778. The molecule has 1 aliphatic heterocycles. The first-order valence-corrected chi connectivity index (χ1v) is 10.6. The van der Waals surface area contributed by atoms with Crippen molar-refractivity contribution in [1.82, 2.24) is 4.90 Å². The number of anilines is 1. The Balaban J connectivity index is 1.63. The van der Waals surface area contributed by atoms with Gasteiger partial charge in [-0.3, -0.25) is 4.79 Å². The minimum Gasteiger partial charge on any atom is -0.481 e. The Morgan fingerprint density at radius 1 is 1.17 bits per heavy atom. The highest BCUT2D eigenvalue weighted by atomic mass is 32.2. The minimum atomic E-state index is -3.80. The molecule has 0 spiro atoms. The molecule has 1 N–H and O–H groups in total. The second-order valence-corrected chi connectivity index (χ2v) is 8.34. The first-order valence-electron chi connectivity index (χ1n) is 9.13. The van der Waals surface area contributed by atoms with Gasteiger partial charge in [-0.15, -0.1) is 4.40 Å². The van der Waals surface area contributed by atoms with Crippen molar-refractivity contribution in [3.63, 3.8) is 0 Å². The number of rotatable bonds is 6. The molecule has 29 heavy (non-hydrogen) atoms. The first kappa shape index (κ1) is 20.8. The van der Waals surface area contributed by atoms with Crippen molar-refractivity contribution < 1.29 is 22.3 Å². The molecule has 1 atom stereocenters. The van der Waals surface area contributed by atoms with Crippen molar-refractivity contribution in [2.75, 3.05) is 18.9 Å². The normalized spacial score (nSPS) is 16.7. The van der Waals surface area contributed by atoms with Crippen LogP contribution in [0.4, 0.5) is 10.1 Å². The molecule has 0 aromatic heterocycles. The number of amides is 1. The molecule has 154 valence electrons. The summed E-state index contributed by atoms with van der Waals surface area (Å²) in [6, 6.07) is 11.1. The molecule has 2 aromatic carbocycles. The number of benzene rings is 2. The van der Waals surface area contributed by atoms with E-state index < -0.39 is 27.9 Å². The summed E-state index contributed by atoms with van der Waals surface area (Å²) in [6.07, 6.45) is 0.692. The lowest BCUT2D eigenvalue weighted by Crippen LogP contribution is -2.30. The van der Waals surface area contributed by atoms with Crippen LogP contribution in [0.3, 0.4) is 0 Å². The Bertz CT molecular complexity index is 1010. The maximum atomic E-state index is 12.9. The van der Waals surface area contributed by atoms with E-state index in [1.165, 1.54) is 48.5 Å². The number of hydrogen-bond acceptors (Lipinski definition) is 4. The van der Waals surface area contributed by atoms with E-state index >= 15 is 0 Å². The fraction of sp³-hybridized carbons (Fsp3) is 0.300. The predicted molar refractivity (Wildman–Crippen MR) is 108 cm³/mol. The zero-order valence-electron chi connectivity index (χ0n) is 16.1. The summed E-state index contributed by atoms with van der Waals surface area (Å²) < 4.78 is 47.2. The van der Waals surface area contributed by atoms with Gasteiger partial charge in [0.1, 0.15) is 17.4 Å². The van der Waals surface area contributed by atoms with Crippen LogP contribution in [0, 0.1) is 5.82 Å². The van der Waals surface area contributed by atoms with Gasteiger partial charge in [-0.05, 0) is 61.9 Å². The maximum Gasteiger partial charge on any atom is 0.283 e. The molecule has 3 rings (SSSR count). The second-order valence-electron chi connectivity index (χ2n) is 6.74. The summed E-state index contributed by atoms with van der Waals surface area (Å²) in [5.74, 6) is 0.104. The number of nitrogens with zero attached hydrogens (tertiary/aromatic N) is 2. The zero-order valence-corrected chi connectivity index (χ0v) is 16.9. The number of halogens is 1. The first-order chi connectivity index (χ1) is 13.7. The van der Waals surface area contributed by atoms with E-state index in [0.717, 1.165) is 13.0 Å². The number of nitrogens with one attached hydrogen (secondary N) is 1. The van der Waals surface area contributed by atoms with Gasteiger partial charge < -0.3 is 15.0 Å². The lowest BCUT2D eigenvalue weighted by Gasteiger charge is -2.15. The van der Waals surface area contributed by atoms with Crippen LogP contribution in [0.2, 0.25) is 0 Å². The van der Waals surface area contributed by atoms with Gasteiger partial charge in [-0.25, -0.2) is 4.39 Å². The summed E-state index contributed by atoms with van der Waals surface area (Å²) >= 11 is 0. The molecule has 7 nitrogen and oxygen atoms in total. The van der Waals surface area contributed by atoms with Gasteiger partial charge in [-0.1, -0.05) is 0 Å². The van der Waals surface area contributed by atoms with Crippen LogP contribution in [-0.4, -0.2) is 44.8 Å². The third-order valence-corrected chi connectivity index (χ3v) is 5.79. The van der Waals surface area contributed by atoms with Crippen molar-refractivity contribution >= 4 is 27.5 Å². The highest BCUT2D eigenvalue weighted by Gasteiger charge is 2.20. The van der Waals surface area contributed by atoms with Gasteiger partial charge in [0.15, 0.2) is 6.10 Å². The minimum absolute atomic E-state index is 0.0545. The molecule has 1 amide bonds. The summed E-state index contributed by atoms with van der Waals surface area (Å²) in [5, 5.41) is 2.66. The highest BCUT2D eigenvalue weighted by Crippen LogP contribution is 2.20. The summed E-state index contributed by atoms with van der Waals surface area (Å²) in [7, 11) is -1.99. The second kappa shape index (κ2) is 8.60. The van der Waals surface area contributed by atoms with E-state index in [1.54, 1.807) is 6.92 Å². The molecule has 1 aliphatic rings. The van der Waals surface area contributed by atoms with Gasteiger partial charge in [0, 0.05) is 25.7 Å². The molecule has 0 unspecified atom stereocenters. The number of ether oxygens (including phenoxy) is 1. The van der Waals surface area contributed by atoms with E-state index in [0.29, 0.717) is 23.7 Å². The van der Waals surface area contributed by atoms with Crippen LogP contribution in [0.5, 0.6) is 5.75 Å². The number of likely N-dealkylation sites (tertiary alicyclic amines) is 1. The van der Waals surface area contributed by atoms with Gasteiger partial charge in [0.25, 0.3) is 15.9 Å². The third kappa shape index (κ3) is 5.32. The molecule has 1 fully saturated rings. The summed E-state index contributed by atoms with van der Waals surface area (Å²) in [5.41, 5.74) is 0.425. The standard InChI is InChI=1S/C20H22FN3O4S/c1-14(28-17-9-5-15(21)6-10-17)20(25)22-16-7-11-18(12-8-16)29(26,27)23-19-4-3-13-24(19)2/h5-12,14H,3-4,13H2,1-2H3,(H,22,25)/t14-/m1/s1. The Morgan fingerprint density at radius 2 is 1.83 bits per heavy atom. The van der Waals surface area contributed by atoms with E-state index in [9.17, 15) is 17.6 Å². The van der Waals surface area contributed by atoms with Crippen LogP contribution in [0.15, 0.2) is 57.8 Å². The predicted octanol–water partition coefficient (Wildman–Crippen LogP) is 3.04. The van der Waals surface area contributed by atoms with E-state index in [-0.39, 0.29) is 4.90 Å².